The van der Waals surface area contributed by atoms with Gasteiger partial charge < -0.3 is 15.6 Å². The fourth-order valence-electron chi connectivity index (χ4n) is 1.51. The summed E-state index contributed by atoms with van der Waals surface area (Å²) in [6.45, 7) is 4.00. The highest BCUT2D eigenvalue weighted by molar-refractivity contribution is 5.96. The van der Waals surface area contributed by atoms with Crippen molar-refractivity contribution in [2.75, 3.05) is 5.73 Å². The Balaban J connectivity index is 3.03. The van der Waals surface area contributed by atoms with Crippen LogP contribution in [0.5, 0.6) is 5.75 Å². The third kappa shape index (κ3) is 2.66. The lowest BCUT2D eigenvalue weighted by atomic mass is 10.1. The highest BCUT2D eigenvalue weighted by Gasteiger charge is 2.17. The Morgan fingerprint density at radius 1 is 1.44 bits per heavy atom. The van der Waals surface area contributed by atoms with E-state index in [2.05, 4.69) is 0 Å². The first-order chi connectivity index (χ1) is 7.60. The molecule has 4 heteroatoms. The molecular formula is C12H17NO3. The van der Waals surface area contributed by atoms with Gasteiger partial charge in [0.05, 0.1) is 6.10 Å². The standard InChI is InChI=1S/C12H17NO3/c1-3-8(4-2)16-10-7-5-6-9(13)11(10)12(14)15/h5-8H,3-4,13H2,1-2H3,(H,14,15). The molecule has 0 fully saturated rings. The molecule has 16 heavy (non-hydrogen) atoms. The molecule has 1 rings (SSSR count). The summed E-state index contributed by atoms with van der Waals surface area (Å²) < 4.78 is 5.63. The van der Waals surface area contributed by atoms with Gasteiger partial charge in [-0.3, -0.25) is 0 Å². The minimum atomic E-state index is -1.06. The van der Waals surface area contributed by atoms with Crippen molar-refractivity contribution >= 4 is 11.7 Å². The van der Waals surface area contributed by atoms with Crippen molar-refractivity contribution in [1.82, 2.24) is 0 Å². The van der Waals surface area contributed by atoms with E-state index < -0.39 is 5.97 Å². The van der Waals surface area contributed by atoms with E-state index in [0.717, 1.165) is 12.8 Å². The molecule has 1 aromatic carbocycles. The average Bonchev–Trinajstić information content (AvgIpc) is 2.25. The van der Waals surface area contributed by atoms with Gasteiger partial charge in [-0.25, -0.2) is 4.79 Å². The molecule has 0 saturated heterocycles. The molecule has 4 nitrogen and oxygen atoms in total. The third-order valence-corrected chi connectivity index (χ3v) is 2.48. The van der Waals surface area contributed by atoms with Gasteiger partial charge in [-0.2, -0.15) is 0 Å². The van der Waals surface area contributed by atoms with Crippen LogP contribution in [-0.4, -0.2) is 17.2 Å². The number of carbonyl (C=O) groups is 1. The first kappa shape index (κ1) is 12.4. The van der Waals surface area contributed by atoms with Crippen molar-refractivity contribution in [3.63, 3.8) is 0 Å². The zero-order chi connectivity index (χ0) is 12.1. The van der Waals surface area contributed by atoms with Gasteiger partial charge in [-0.1, -0.05) is 19.9 Å². The minimum Gasteiger partial charge on any atom is -0.489 e. The summed E-state index contributed by atoms with van der Waals surface area (Å²) in [6.07, 6.45) is 1.70. The van der Waals surface area contributed by atoms with Gasteiger partial charge in [-0.05, 0) is 25.0 Å². The van der Waals surface area contributed by atoms with E-state index in [-0.39, 0.29) is 17.4 Å². The average molecular weight is 223 g/mol. The fraction of sp³-hybridized carbons (Fsp3) is 0.417. The number of hydrogen-bond acceptors (Lipinski definition) is 3. The number of rotatable bonds is 5. The van der Waals surface area contributed by atoms with Crippen LogP contribution < -0.4 is 10.5 Å². The number of anilines is 1. The van der Waals surface area contributed by atoms with Gasteiger partial charge in [0.2, 0.25) is 0 Å². The lowest BCUT2D eigenvalue weighted by Crippen LogP contribution is -2.16. The molecule has 0 amide bonds. The summed E-state index contributed by atoms with van der Waals surface area (Å²) in [4.78, 5) is 11.0. The number of carboxylic acid groups (broad SMARTS) is 1. The van der Waals surface area contributed by atoms with Gasteiger partial charge in [0.25, 0.3) is 0 Å². The number of benzene rings is 1. The lowest BCUT2D eigenvalue weighted by Gasteiger charge is -2.17. The largest absolute Gasteiger partial charge is 0.489 e. The summed E-state index contributed by atoms with van der Waals surface area (Å²) in [7, 11) is 0. The Hall–Kier alpha value is -1.71. The van der Waals surface area contributed by atoms with Crippen LogP contribution in [0.15, 0.2) is 18.2 Å². The van der Waals surface area contributed by atoms with Crippen LogP contribution in [0, 0.1) is 0 Å². The molecule has 0 aliphatic rings. The monoisotopic (exact) mass is 223 g/mol. The summed E-state index contributed by atoms with van der Waals surface area (Å²) in [5.74, 6) is -0.708. The van der Waals surface area contributed by atoms with E-state index in [9.17, 15) is 4.79 Å². The fourth-order valence-corrected chi connectivity index (χ4v) is 1.51. The highest BCUT2D eigenvalue weighted by Crippen LogP contribution is 2.26. The number of aromatic carboxylic acids is 1. The van der Waals surface area contributed by atoms with Gasteiger partial charge in [0.15, 0.2) is 0 Å². The van der Waals surface area contributed by atoms with Crippen LogP contribution in [0.4, 0.5) is 5.69 Å². The van der Waals surface area contributed by atoms with Crippen LogP contribution >= 0.6 is 0 Å². The van der Waals surface area contributed by atoms with E-state index in [1.165, 1.54) is 0 Å². The summed E-state index contributed by atoms with van der Waals surface area (Å²) in [6, 6.07) is 4.89. The second kappa shape index (κ2) is 5.39. The normalized spacial score (nSPS) is 10.4. The number of hydrogen-bond donors (Lipinski definition) is 2. The van der Waals surface area contributed by atoms with E-state index in [4.69, 9.17) is 15.6 Å². The molecule has 3 N–H and O–H groups in total. The van der Waals surface area contributed by atoms with E-state index in [1.54, 1.807) is 18.2 Å². The zero-order valence-electron chi connectivity index (χ0n) is 9.56. The van der Waals surface area contributed by atoms with Crippen molar-refractivity contribution < 1.29 is 14.6 Å². The van der Waals surface area contributed by atoms with Crippen LogP contribution in [0.2, 0.25) is 0 Å². The SMILES string of the molecule is CCC(CC)Oc1cccc(N)c1C(=O)O. The molecule has 1 aromatic rings. The highest BCUT2D eigenvalue weighted by atomic mass is 16.5. The summed E-state index contributed by atoms with van der Waals surface area (Å²) >= 11 is 0. The van der Waals surface area contributed by atoms with Crippen LogP contribution in [0.25, 0.3) is 0 Å². The van der Waals surface area contributed by atoms with Crippen LogP contribution in [0.1, 0.15) is 37.0 Å². The molecule has 0 heterocycles. The molecule has 0 bridgehead atoms. The first-order valence-corrected chi connectivity index (χ1v) is 5.38. The maximum Gasteiger partial charge on any atom is 0.341 e. The molecule has 0 spiro atoms. The molecule has 0 atom stereocenters. The second-order valence-corrected chi connectivity index (χ2v) is 3.58. The lowest BCUT2D eigenvalue weighted by molar-refractivity contribution is 0.0690. The van der Waals surface area contributed by atoms with Crippen molar-refractivity contribution in [3.8, 4) is 5.75 Å². The molecule has 0 aromatic heterocycles. The van der Waals surface area contributed by atoms with E-state index in [1.807, 2.05) is 13.8 Å². The topological polar surface area (TPSA) is 72.5 Å². The molecule has 0 radical (unpaired) electrons. The van der Waals surface area contributed by atoms with Gasteiger partial charge in [0.1, 0.15) is 11.3 Å². The van der Waals surface area contributed by atoms with Crippen molar-refractivity contribution in [1.29, 1.82) is 0 Å². The van der Waals surface area contributed by atoms with Gasteiger partial charge >= 0.3 is 5.97 Å². The molecular weight excluding hydrogens is 206 g/mol. The van der Waals surface area contributed by atoms with Crippen molar-refractivity contribution in [2.45, 2.75) is 32.8 Å². The zero-order valence-corrected chi connectivity index (χ0v) is 9.56. The Bertz CT molecular complexity index is 373. The Morgan fingerprint density at radius 3 is 2.56 bits per heavy atom. The summed E-state index contributed by atoms with van der Waals surface area (Å²) in [5.41, 5.74) is 5.90. The summed E-state index contributed by atoms with van der Waals surface area (Å²) in [5, 5.41) is 9.04. The number of ether oxygens (including phenoxy) is 1. The number of nitrogen functional groups attached to an aromatic ring is 1. The maximum atomic E-state index is 11.0. The first-order valence-electron chi connectivity index (χ1n) is 5.38. The van der Waals surface area contributed by atoms with Crippen LogP contribution in [-0.2, 0) is 0 Å². The van der Waals surface area contributed by atoms with Crippen LogP contribution in [0.3, 0.4) is 0 Å². The minimum absolute atomic E-state index is 0.0277. The predicted octanol–water partition coefficient (Wildman–Crippen LogP) is 2.53. The predicted molar refractivity (Wildman–Crippen MR) is 62.8 cm³/mol. The molecule has 88 valence electrons. The number of nitrogens with two attached hydrogens (primary N) is 1. The Morgan fingerprint density at radius 2 is 2.06 bits per heavy atom. The van der Waals surface area contributed by atoms with Crippen molar-refractivity contribution in [2.24, 2.45) is 0 Å². The quantitative estimate of drug-likeness (QED) is 0.752. The third-order valence-electron chi connectivity index (χ3n) is 2.48. The van der Waals surface area contributed by atoms with Crippen molar-refractivity contribution in [3.05, 3.63) is 23.8 Å². The molecule has 0 unspecified atom stereocenters. The molecule has 0 aliphatic carbocycles. The smallest absolute Gasteiger partial charge is 0.341 e. The molecule has 0 aliphatic heterocycles. The molecule has 0 saturated carbocycles. The van der Waals surface area contributed by atoms with Gasteiger partial charge in [0, 0.05) is 5.69 Å². The number of carboxylic acids is 1. The Labute approximate surface area is 95.0 Å². The van der Waals surface area contributed by atoms with Gasteiger partial charge in [-0.15, -0.1) is 0 Å². The maximum absolute atomic E-state index is 11.0. The Kier molecular flexibility index (Phi) is 4.17. The second-order valence-electron chi connectivity index (χ2n) is 3.58. The van der Waals surface area contributed by atoms with E-state index in [0.29, 0.717) is 5.75 Å². The van der Waals surface area contributed by atoms with E-state index >= 15 is 0 Å².